The van der Waals surface area contributed by atoms with E-state index in [0.717, 1.165) is 24.1 Å². The molecule has 5 nitrogen and oxygen atoms in total. The molecular weight excluding hydrogens is 262 g/mol. The monoisotopic (exact) mass is 285 g/mol. The van der Waals surface area contributed by atoms with Gasteiger partial charge in [0.2, 0.25) is 0 Å². The molecule has 0 atom stereocenters. The molecule has 1 N–H and O–H groups in total. The standard InChI is InChI=1S/C16H23N5/c1-12-3-5-14(6-4-12)10-17-15-7-8-16(13(2)9-15)21-11-18-19-20-21/h7-9,11-12,14,17H,3-6,10H2,1-2H3. The number of rotatable bonds is 4. The molecule has 112 valence electrons. The topological polar surface area (TPSA) is 55.6 Å². The molecule has 0 radical (unpaired) electrons. The van der Waals surface area contributed by atoms with Crippen molar-refractivity contribution >= 4 is 5.69 Å². The van der Waals surface area contributed by atoms with Crippen LogP contribution in [0.1, 0.15) is 38.2 Å². The summed E-state index contributed by atoms with van der Waals surface area (Å²) in [4.78, 5) is 0. The Balaban J connectivity index is 1.60. The van der Waals surface area contributed by atoms with Crippen LogP contribution in [0.2, 0.25) is 0 Å². The van der Waals surface area contributed by atoms with Crippen molar-refractivity contribution in [2.45, 2.75) is 39.5 Å². The molecule has 0 amide bonds. The highest BCUT2D eigenvalue weighted by Crippen LogP contribution is 2.28. The minimum atomic E-state index is 0.820. The smallest absolute Gasteiger partial charge is 0.143 e. The number of hydrogen-bond donors (Lipinski definition) is 1. The number of nitrogens with one attached hydrogen (secondary N) is 1. The summed E-state index contributed by atoms with van der Waals surface area (Å²) in [6.45, 7) is 5.53. The summed E-state index contributed by atoms with van der Waals surface area (Å²) in [7, 11) is 0. The van der Waals surface area contributed by atoms with Gasteiger partial charge in [-0.1, -0.05) is 19.8 Å². The molecule has 0 spiro atoms. The second kappa shape index (κ2) is 6.24. The number of benzene rings is 1. The van der Waals surface area contributed by atoms with E-state index in [2.05, 4.69) is 52.9 Å². The summed E-state index contributed by atoms with van der Waals surface area (Å²) in [5.41, 5.74) is 3.38. The van der Waals surface area contributed by atoms with Gasteiger partial charge in [0.1, 0.15) is 6.33 Å². The summed E-state index contributed by atoms with van der Waals surface area (Å²) in [6.07, 6.45) is 7.09. The Morgan fingerprint density at radius 3 is 2.71 bits per heavy atom. The van der Waals surface area contributed by atoms with Crippen molar-refractivity contribution in [3.8, 4) is 5.69 Å². The summed E-state index contributed by atoms with van der Waals surface area (Å²) in [5.74, 6) is 1.74. The van der Waals surface area contributed by atoms with Crippen molar-refractivity contribution in [2.24, 2.45) is 11.8 Å². The Kier molecular flexibility index (Phi) is 4.18. The lowest BCUT2D eigenvalue weighted by Gasteiger charge is -2.26. The molecule has 0 bridgehead atoms. The quantitative estimate of drug-likeness (QED) is 0.937. The van der Waals surface area contributed by atoms with E-state index in [-0.39, 0.29) is 0 Å². The van der Waals surface area contributed by atoms with Gasteiger partial charge < -0.3 is 5.32 Å². The van der Waals surface area contributed by atoms with Crippen molar-refractivity contribution in [3.63, 3.8) is 0 Å². The SMILES string of the molecule is Cc1cc(NCC2CCC(C)CC2)ccc1-n1cnnn1. The van der Waals surface area contributed by atoms with E-state index < -0.39 is 0 Å². The molecular formula is C16H23N5. The van der Waals surface area contributed by atoms with Crippen molar-refractivity contribution in [3.05, 3.63) is 30.1 Å². The van der Waals surface area contributed by atoms with Crippen molar-refractivity contribution in [1.29, 1.82) is 0 Å². The van der Waals surface area contributed by atoms with Gasteiger partial charge in [-0.25, -0.2) is 4.68 Å². The lowest BCUT2D eigenvalue weighted by Crippen LogP contribution is -2.20. The van der Waals surface area contributed by atoms with Gasteiger partial charge in [0, 0.05) is 12.2 Å². The fourth-order valence-corrected chi connectivity index (χ4v) is 3.09. The van der Waals surface area contributed by atoms with Crippen LogP contribution in [0.5, 0.6) is 0 Å². The Bertz CT molecular complexity index is 570. The van der Waals surface area contributed by atoms with Crippen molar-refractivity contribution in [1.82, 2.24) is 20.2 Å². The van der Waals surface area contributed by atoms with Gasteiger partial charge in [-0.2, -0.15) is 0 Å². The zero-order valence-corrected chi connectivity index (χ0v) is 12.8. The van der Waals surface area contributed by atoms with Crippen molar-refractivity contribution in [2.75, 3.05) is 11.9 Å². The van der Waals surface area contributed by atoms with Gasteiger partial charge in [-0.15, -0.1) is 5.10 Å². The van der Waals surface area contributed by atoms with Gasteiger partial charge >= 0.3 is 0 Å². The van der Waals surface area contributed by atoms with Crippen LogP contribution in [0, 0.1) is 18.8 Å². The molecule has 0 aliphatic heterocycles. The molecule has 1 fully saturated rings. The summed E-state index contributed by atoms with van der Waals surface area (Å²) in [6, 6.07) is 6.34. The van der Waals surface area contributed by atoms with E-state index in [4.69, 9.17) is 0 Å². The van der Waals surface area contributed by atoms with Gasteiger partial charge in [0.05, 0.1) is 5.69 Å². The molecule has 5 heteroatoms. The van der Waals surface area contributed by atoms with E-state index in [1.165, 1.54) is 36.9 Å². The lowest BCUT2D eigenvalue weighted by molar-refractivity contribution is 0.300. The Morgan fingerprint density at radius 2 is 2.05 bits per heavy atom. The summed E-state index contributed by atoms with van der Waals surface area (Å²) in [5, 5.41) is 14.9. The zero-order chi connectivity index (χ0) is 14.7. The normalized spacial score (nSPS) is 22.2. The maximum Gasteiger partial charge on any atom is 0.143 e. The summed E-state index contributed by atoms with van der Waals surface area (Å²) >= 11 is 0. The van der Waals surface area contributed by atoms with Gasteiger partial charge in [-0.3, -0.25) is 0 Å². The van der Waals surface area contributed by atoms with Crippen LogP contribution in [-0.4, -0.2) is 26.8 Å². The van der Waals surface area contributed by atoms with E-state index in [9.17, 15) is 0 Å². The van der Waals surface area contributed by atoms with Crippen LogP contribution >= 0.6 is 0 Å². The fraction of sp³-hybridized carbons (Fsp3) is 0.562. The number of aryl methyl sites for hydroxylation is 1. The zero-order valence-electron chi connectivity index (χ0n) is 12.8. The first-order valence-corrected chi connectivity index (χ1v) is 7.80. The number of nitrogens with zero attached hydrogens (tertiary/aromatic N) is 4. The second-order valence-corrected chi connectivity index (χ2v) is 6.26. The third kappa shape index (κ3) is 3.40. The van der Waals surface area contributed by atoms with E-state index >= 15 is 0 Å². The fourth-order valence-electron chi connectivity index (χ4n) is 3.09. The van der Waals surface area contributed by atoms with Crippen molar-refractivity contribution < 1.29 is 0 Å². The van der Waals surface area contributed by atoms with E-state index in [0.29, 0.717) is 0 Å². The van der Waals surface area contributed by atoms with E-state index in [1.54, 1.807) is 11.0 Å². The lowest BCUT2D eigenvalue weighted by atomic mass is 9.83. The Morgan fingerprint density at radius 1 is 1.24 bits per heavy atom. The highest BCUT2D eigenvalue weighted by Gasteiger charge is 2.17. The highest BCUT2D eigenvalue weighted by atomic mass is 15.5. The molecule has 1 aromatic heterocycles. The van der Waals surface area contributed by atoms with Gasteiger partial charge in [0.25, 0.3) is 0 Å². The predicted octanol–water partition coefficient (Wildman–Crippen LogP) is 3.21. The van der Waals surface area contributed by atoms with Crippen LogP contribution in [0.4, 0.5) is 5.69 Å². The number of tetrazole rings is 1. The number of hydrogen-bond acceptors (Lipinski definition) is 4. The molecule has 0 saturated heterocycles. The maximum atomic E-state index is 3.94. The van der Waals surface area contributed by atoms with Crippen LogP contribution in [0.25, 0.3) is 5.69 Å². The van der Waals surface area contributed by atoms with Gasteiger partial charge in [0.15, 0.2) is 0 Å². The molecule has 1 saturated carbocycles. The number of aromatic nitrogens is 4. The first kappa shape index (κ1) is 14.0. The minimum absolute atomic E-state index is 0.820. The molecule has 1 aliphatic rings. The van der Waals surface area contributed by atoms with E-state index in [1.807, 2.05) is 0 Å². The Labute approximate surface area is 125 Å². The average Bonchev–Trinajstić information content (AvgIpc) is 3.01. The molecule has 3 rings (SSSR count). The van der Waals surface area contributed by atoms with Crippen LogP contribution < -0.4 is 5.32 Å². The van der Waals surface area contributed by atoms with Gasteiger partial charge in [-0.05, 0) is 65.8 Å². The third-order valence-electron chi connectivity index (χ3n) is 4.52. The van der Waals surface area contributed by atoms with Crippen LogP contribution in [0.3, 0.4) is 0 Å². The minimum Gasteiger partial charge on any atom is -0.385 e. The largest absolute Gasteiger partial charge is 0.385 e. The maximum absolute atomic E-state index is 3.94. The molecule has 1 aromatic carbocycles. The molecule has 21 heavy (non-hydrogen) atoms. The average molecular weight is 285 g/mol. The second-order valence-electron chi connectivity index (χ2n) is 6.26. The molecule has 1 aliphatic carbocycles. The molecule has 2 aromatic rings. The molecule has 1 heterocycles. The van der Waals surface area contributed by atoms with Crippen LogP contribution in [-0.2, 0) is 0 Å². The number of anilines is 1. The third-order valence-corrected chi connectivity index (χ3v) is 4.52. The first-order chi connectivity index (χ1) is 10.2. The molecule has 0 unspecified atom stereocenters. The highest BCUT2D eigenvalue weighted by molar-refractivity contribution is 5.53. The summed E-state index contributed by atoms with van der Waals surface area (Å²) < 4.78 is 1.70. The Hall–Kier alpha value is -1.91. The first-order valence-electron chi connectivity index (χ1n) is 7.80. The van der Waals surface area contributed by atoms with Crippen LogP contribution in [0.15, 0.2) is 24.5 Å². The predicted molar refractivity (Wildman–Crippen MR) is 83.5 cm³/mol.